The van der Waals surface area contributed by atoms with Crippen molar-refractivity contribution in [1.29, 1.82) is 0 Å². The van der Waals surface area contributed by atoms with Crippen molar-refractivity contribution in [3.8, 4) is 0 Å². The molecule has 0 aromatic carbocycles. The molecule has 0 aliphatic rings. The van der Waals surface area contributed by atoms with Gasteiger partial charge in [0.2, 0.25) is 0 Å². The van der Waals surface area contributed by atoms with Crippen LogP contribution in [0.1, 0.15) is 19.8 Å². The quantitative estimate of drug-likeness (QED) is 0.408. The Labute approximate surface area is 70.0 Å². The maximum absolute atomic E-state index is 9.77. The predicted molar refractivity (Wildman–Crippen MR) is 37.0 cm³/mol. The summed E-state index contributed by atoms with van der Waals surface area (Å²) in [6, 6.07) is 0. The molecule has 0 aromatic heterocycles. The summed E-state index contributed by atoms with van der Waals surface area (Å²) in [4.78, 5) is 0. The first-order valence-electron chi connectivity index (χ1n) is 3.31. The van der Waals surface area contributed by atoms with Crippen LogP contribution in [-0.2, 0) is 8.54 Å². The Kier molecular flexibility index (Phi) is 20.8. The van der Waals surface area contributed by atoms with Crippen molar-refractivity contribution in [2.75, 3.05) is 19.8 Å². The van der Waals surface area contributed by atoms with E-state index >= 15 is 0 Å². The van der Waals surface area contributed by atoms with Crippen LogP contribution in [0.3, 0.4) is 0 Å². The topological polar surface area (TPSA) is 49.4 Å². The van der Waals surface area contributed by atoms with E-state index in [9.17, 15) is 5.11 Å². The Morgan fingerprint density at radius 1 is 1.40 bits per heavy atom. The molecule has 0 spiro atoms. The summed E-state index contributed by atoms with van der Waals surface area (Å²) in [5, 5.41) is 9.77. The molecule has 4 heteroatoms. The van der Waals surface area contributed by atoms with Crippen molar-refractivity contribution in [2.45, 2.75) is 19.8 Å². The van der Waals surface area contributed by atoms with Crippen molar-refractivity contribution in [3.05, 3.63) is 0 Å². The van der Waals surface area contributed by atoms with Crippen molar-refractivity contribution in [3.63, 3.8) is 0 Å². The SMILES string of the molecule is CCCCOCC[O-].[O]=[Al+]. The zero-order valence-electron chi connectivity index (χ0n) is 6.34. The van der Waals surface area contributed by atoms with Crippen molar-refractivity contribution >= 4 is 16.2 Å². The molecular formula is C6H13AlO3. The molecule has 0 bridgehead atoms. The van der Waals surface area contributed by atoms with Gasteiger partial charge in [-0.25, -0.2) is 0 Å². The second kappa shape index (κ2) is 16.1. The van der Waals surface area contributed by atoms with Crippen LogP contribution < -0.4 is 5.11 Å². The van der Waals surface area contributed by atoms with Gasteiger partial charge >= 0.3 is 20.0 Å². The molecule has 0 rings (SSSR count). The van der Waals surface area contributed by atoms with Crippen molar-refractivity contribution in [1.82, 2.24) is 0 Å². The molecule has 0 saturated heterocycles. The Bertz CT molecular complexity index is 46.3. The molecule has 3 nitrogen and oxygen atoms in total. The minimum atomic E-state index is -0.107. The second-order valence-corrected chi connectivity index (χ2v) is 1.67. The van der Waals surface area contributed by atoms with E-state index < -0.39 is 0 Å². The normalized spacial score (nSPS) is 8.40. The molecule has 0 N–H and O–H groups in total. The summed E-state index contributed by atoms with van der Waals surface area (Å²) in [5.41, 5.74) is 0. The van der Waals surface area contributed by atoms with Crippen LogP contribution in [-0.4, -0.2) is 36.0 Å². The fraction of sp³-hybridized carbons (Fsp3) is 1.00. The number of unbranched alkanes of at least 4 members (excludes halogenated alkanes) is 1. The first-order chi connectivity index (χ1) is 4.91. The zero-order chi connectivity index (χ0) is 8.24. The van der Waals surface area contributed by atoms with Gasteiger partial charge in [-0.05, 0) is 6.42 Å². The second-order valence-electron chi connectivity index (χ2n) is 1.67. The third kappa shape index (κ3) is 15.7. The molecule has 0 heterocycles. The van der Waals surface area contributed by atoms with Crippen molar-refractivity contribution < 1.29 is 13.6 Å². The average Bonchev–Trinajstić information content (AvgIpc) is 2.02. The first-order valence-corrected chi connectivity index (χ1v) is 3.78. The van der Waals surface area contributed by atoms with Crippen LogP contribution in [0.25, 0.3) is 0 Å². The summed E-state index contributed by atoms with van der Waals surface area (Å²) < 4.78 is 13.1. The van der Waals surface area contributed by atoms with E-state index in [2.05, 4.69) is 6.92 Å². The molecule has 0 saturated carbocycles. The van der Waals surface area contributed by atoms with E-state index in [0.29, 0.717) is 6.61 Å². The summed E-state index contributed by atoms with van der Waals surface area (Å²) >= 11 is 1.17. The van der Waals surface area contributed by atoms with Gasteiger partial charge in [0.25, 0.3) is 0 Å². The third-order valence-electron chi connectivity index (χ3n) is 0.870. The van der Waals surface area contributed by atoms with Crippen LogP contribution >= 0.6 is 0 Å². The van der Waals surface area contributed by atoms with Gasteiger partial charge in [0.05, 0.1) is 0 Å². The fourth-order valence-electron chi connectivity index (χ4n) is 0.407. The van der Waals surface area contributed by atoms with E-state index in [-0.39, 0.29) is 6.61 Å². The van der Waals surface area contributed by atoms with Gasteiger partial charge in [-0.3, -0.25) is 0 Å². The van der Waals surface area contributed by atoms with Crippen LogP contribution in [0.2, 0.25) is 0 Å². The summed E-state index contributed by atoms with van der Waals surface area (Å²) in [7, 11) is 0. The van der Waals surface area contributed by atoms with E-state index in [4.69, 9.17) is 8.54 Å². The Morgan fingerprint density at radius 2 is 2.00 bits per heavy atom. The monoisotopic (exact) mass is 160 g/mol. The van der Waals surface area contributed by atoms with Gasteiger partial charge in [-0.2, -0.15) is 0 Å². The number of hydrogen-bond donors (Lipinski definition) is 0. The van der Waals surface area contributed by atoms with Crippen LogP contribution in [0.4, 0.5) is 0 Å². The van der Waals surface area contributed by atoms with E-state index in [1.54, 1.807) is 0 Å². The standard InChI is InChI=1S/C6H13O2.Al.O/c1-2-3-5-8-6-4-7;;/h2-6H2,1H3;;/q-1;+1;. The Balaban J connectivity index is 0. The third-order valence-corrected chi connectivity index (χ3v) is 0.870. The Morgan fingerprint density at radius 3 is 2.40 bits per heavy atom. The number of rotatable bonds is 5. The molecule has 0 unspecified atom stereocenters. The molecule has 0 aromatic rings. The van der Waals surface area contributed by atoms with Gasteiger partial charge in [0.15, 0.2) is 0 Å². The van der Waals surface area contributed by atoms with Gasteiger partial charge in [0, 0.05) is 13.2 Å². The van der Waals surface area contributed by atoms with Gasteiger partial charge in [-0.1, -0.05) is 13.3 Å². The predicted octanol–water partition coefficient (Wildman–Crippen LogP) is -0.336. The molecule has 58 valence electrons. The Hall–Kier alpha value is 0.252. The summed E-state index contributed by atoms with van der Waals surface area (Å²) in [6.45, 7) is 3.11. The molecule has 0 fully saturated rings. The zero-order valence-corrected chi connectivity index (χ0v) is 7.49. The van der Waals surface area contributed by atoms with Crippen molar-refractivity contribution in [2.24, 2.45) is 0 Å². The van der Waals surface area contributed by atoms with Gasteiger partial charge in [-0.15, -0.1) is 6.61 Å². The number of ether oxygens (including phenoxy) is 1. The molecule has 10 heavy (non-hydrogen) atoms. The average molecular weight is 160 g/mol. The minimum absolute atomic E-state index is 0.107. The maximum atomic E-state index is 9.77. The van der Waals surface area contributed by atoms with E-state index in [0.717, 1.165) is 19.4 Å². The molecule has 0 aliphatic carbocycles. The van der Waals surface area contributed by atoms with E-state index in [1.165, 1.54) is 16.2 Å². The van der Waals surface area contributed by atoms with Crippen LogP contribution in [0, 0.1) is 0 Å². The molecule has 0 radical (unpaired) electrons. The van der Waals surface area contributed by atoms with Crippen LogP contribution in [0.5, 0.6) is 0 Å². The number of hydrogen-bond acceptors (Lipinski definition) is 3. The van der Waals surface area contributed by atoms with Crippen LogP contribution in [0.15, 0.2) is 0 Å². The molecule has 0 atom stereocenters. The van der Waals surface area contributed by atoms with Gasteiger partial charge < -0.3 is 9.84 Å². The first kappa shape index (κ1) is 12.9. The summed E-state index contributed by atoms with van der Waals surface area (Å²) in [6.07, 6.45) is 2.21. The molecular weight excluding hydrogens is 147 g/mol. The van der Waals surface area contributed by atoms with E-state index in [1.807, 2.05) is 0 Å². The fourth-order valence-corrected chi connectivity index (χ4v) is 0.407. The summed E-state index contributed by atoms with van der Waals surface area (Å²) in [5.74, 6) is 0. The molecule has 0 amide bonds. The molecule has 0 aliphatic heterocycles. The van der Waals surface area contributed by atoms with Gasteiger partial charge in [0.1, 0.15) is 0 Å².